The van der Waals surface area contributed by atoms with Gasteiger partial charge in [0.15, 0.2) is 0 Å². The van der Waals surface area contributed by atoms with Crippen molar-refractivity contribution in [2.75, 3.05) is 11.9 Å². The number of halogens is 4. The van der Waals surface area contributed by atoms with Crippen LogP contribution in [-0.4, -0.2) is 41.4 Å². The molecule has 2 atom stereocenters. The van der Waals surface area contributed by atoms with Gasteiger partial charge in [0.05, 0.1) is 17.0 Å². The molecule has 1 aliphatic heterocycles. The van der Waals surface area contributed by atoms with Crippen molar-refractivity contribution in [3.8, 4) is 0 Å². The fourth-order valence-electron chi connectivity index (χ4n) is 7.46. The highest BCUT2D eigenvalue weighted by atomic mass is 19.4. The number of likely N-dealkylation sites (tertiary alicyclic amines) is 1. The number of hydrogen-bond donors (Lipinski definition) is 2. The number of piperidine rings is 1. The summed E-state index contributed by atoms with van der Waals surface area (Å²) in [6.07, 6.45) is 4.93. The van der Waals surface area contributed by atoms with E-state index in [1.54, 1.807) is 24.0 Å². The monoisotopic (exact) mass is 587 g/mol. The Hall–Kier alpha value is -2.94. The molecule has 2 aliphatic carbocycles. The van der Waals surface area contributed by atoms with Crippen LogP contribution in [0.3, 0.4) is 0 Å². The SMILES string of the molecule is Cc1ccc(NC(=O)C2CCCN(C(=O)c3c(C)cccc3F)[C@H]2C2CCC(NC3CCCC3)CC2)cc1C(F)(F)F. The van der Waals surface area contributed by atoms with Crippen LogP contribution in [0.2, 0.25) is 0 Å². The van der Waals surface area contributed by atoms with Crippen LogP contribution in [0.4, 0.5) is 23.2 Å². The Morgan fingerprint density at radius 1 is 0.857 bits per heavy atom. The first-order valence-electron chi connectivity index (χ1n) is 15.3. The van der Waals surface area contributed by atoms with Gasteiger partial charge in [-0.15, -0.1) is 0 Å². The summed E-state index contributed by atoms with van der Waals surface area (Å²) in [6.45, 7) is 3.50. The van der Waals surface area contributed by atoms with Crippen molar-refractivity contribution in [3.05, 3.63) is 64.5 Å². The van der Waals surface area contributed by atoms with Crippen LogP contribution in [0.5, 0.6) is 0 Å². The van der Waals surface area contributed by atoms with Crippen molar-refractivity contribution in [1.29, 1.82) is 0 Å². The molecular formula is C33H41F4N3O2. The molecule has 2 aromatic rings. The highest BCUT2D eigenvalue weighted by Crippen LogP contribution is 2.40. The van der Waals surface area contributed by atoms with E-state index in [-0.39, 0.29) is 22.7 Å². The number of carbonyl (C=O) groups excluding carboxylic acids is 2. The zero-order valence-corrected chi connectivity index (χ0v) is 24.4. The van der Waals surface area contributed by atoms with E-state index >= 15 is 0 Å². The molecule has 3 aliphatic rings. The number of amides is 2. The summed E-state index contributed by atoms with van der Waals surface area (Å²) in [5.74, 6) is -1.99. The van der Waals surface area contributed by atoms with E-state index in [1.807, 2.05) is 0 Å². The van der Waals surface area contributed by atoms with Crippen molar-refractivity contribution in [3.63, 3.8) is 0 Å². The van der Waals surface area contributed by atoms with Crippen LogP contribution in [0.25, 0.3) is 0 Å². The Kier molecular flexibility index (Phi) is 9.26. The van der Waals surface area contributed by atoms with E-state index in [9.17, 15) is 27.2 Å². The summed E-state index contributed by atoms with van der Waals surface area (Å²) in [5.41, 5.74) is -0.0753. The maximum atomic E-state index is 15.0. The fourth-order valence-corrected chi connectivity index (χ4v) is 7.46. The molecule has 2 aromatic carbocycles. The van der Waals surface area contributed by atoms with Crippen molar-refractivity contribution in [2.45, 2.75) is 102 Å². The molecular weight excluding hydrogens is 546 g/mol. The van der Waals surface area contributed by atoms with Crippen LogP contribution in [0.15, 0.2) is 36.4 Å². The van der Waals surface area contributed by atoms with E-state index < -0.39 is 41.3 Å². The first kappa shape index (κ1) is 30.5. The number of nitrogens with zero attached hydrogens (tertiary/aromatic N) is 1. The first-order chi connectivity index (χ1) is 20.0. The van der Waals surface area contributed by atoms with Crippen LogP contribution in [0.1, 0.15) is 91.3 Å². The van der Waals surface area contributed by atoms with Gasteiger partial charge in [0.25, 0.3) is 5.91 Å². The minimum atomic E-state index is -4.54. The van der Waals surface area contributed by atoms with Crippen molar-refractivity contribution >= 4 is 17.5 Å². The Morgan fingerprint density at radius 3 is 2.21 bits per heavy atom. The predicted octanol–water partition coefficient (Wildman–Crippen LogP) is 7.41. The number of nitrogens with one attached hydrogen (secondary N) is 2. The lowest BCUT2D eigenvalue weighted by molar-refractivity contribution is -0.138. The molecule has 1 saturated heterocycles. The molecule has 1 heterocycles. The lowest BCUT2D eigenvalue weighted by Gasteiger charge is -2.47. The number of hydrogen-bond acceptors (Lipinski definition) is 3. The van der Waals surface area contributed by atoms with Gasteiger partial charge >= 0.3 is 6.18 Å². The minimum absolute atomic E-state index is 0.0218. The third kappa shape index (κ3) is 6.66. The average molecular weight is 588 g/mol. The van der Waals surface area contributed by atoms with Crippen molar-refractivity contribution in [2.24, 2.45) is 11.8 Å². The molecule has 0 bridgehead atoms. The van der Waals surface area contributed by atoms with Gasteiger partial charge in [0.1, 0.15) is 5.82 Å². The lowest BCUT2D eigenvalue weighted by Crippen LogP contribution is -2.56. The van der Waals surface area contributed by atoms with E-state index in [0.717, 1.165) is 31.7 Å². The second-order valence-electron chi connectivity index (χ2n) is 12.4. The molecule has 0 radical (unpaired) electrons. The second kappa shape index (κ2) is 12.7. The molecule has 1 unspecified atom stereocenters. The van der Waals surface area contributed by atoms with Gasteiger partial charge in [-0.2, -0.15) is 13.2 Å². The van der Waals surface area contributed by atoms with Gasteiger partial charge in [0, 0.05) is 30.4 Å². The highest BCUT2D eigenvalue weighted by molar-refractivity contribution is 5.98. The number of carbonyl (C=O) groups is 2. The Labute approximate surface area is 245 Å². The standard InChI is InChI=1S/C33H41F4N3O2/c1-20-12-15-25(19-27(20)33(35,36)37)39-31(41)26-10-6-18-40(32(42)29-21(2)7-5-11-28(29)34)30(26)22-13-16-24(17-14-22)38-23-8-3-4-9-23/h5,7,11-12,15,19,22-24,26,30,38H,3-4,6,8-10,13-14,16-18H2,1-2H3,(H,39,41)/t22?,24?,26?,30-/m0/s1. The van der Waals surface area contributed by atoms with E-state index in [2.05, 4.69) is 10.6 Å². The van der Waals surface area contributed by atoms with Gasteiger partial charge < -0.3 is 15.5 Å². The molecule has 2 amide bonds. The maximum Gasteiger partial charge on any atom is 0.416 e. The molecule has 5 rings (SSSR count). The second-order valence-corrected chi connectivity index (χ2v) is 12.4. The van der Waals surface area contributed by atoms with E-state index in [1.165, 1.54) is 50.8 Å². The van der Waals surface area contributed by atoms with Gasteiger partial charge in [0.2, 0.25) is 5.91 Å². The molecule has 0 aromatic heterocycles. The molecule has 42 heavy (non-hydrogen) atoms. The molecule has 2 saturated carbocycles. The van der Waals surface area contributed by atoms with Gasteiger partial charge in [-0.3, -0.25) is 9.59 Å². The smallest absolute Gasteiger partial charge is 0.334 e. The normalized spacial score (nSPS) is 25.4. The Morgan fingerprint density at radius 2 is 1.55 bits per heavy atom. The maximum absolute atomic E-state index is 15.0. The van der Waals surface area contributed by atoms with E-state index in [0.29, 0.717) is 37.0 Å². The van der Waals surface area contributed by atoms with Crippen LogP contribution in [-0.2, 0) is 11.0 Å². The number of rotatable bonds is 6. The lowest BCUT2D eigenvalue weighted by atomic mass is 9.73. The van der Waals surface area contributed by atoms with Crippen molar-refractivity contribution < 1.29 is 27.2 Å². The average Bonchev–Trinajstić information content (AvgIpc) is 3.46. The molecule has 9 heteroatoms. The number of benzene rings is 2. The van der Waals surface area contributed by atoms with Crippen LogP contribution < -0.4 is 10.6 Å². The fraction of sp³-hybridized carbons (Fsp3) is 0.576. The molecule has 0 spiro atoms. The van der Waals surface area contributed by atoms with Crippen LogP contribution in [0, 0.1) is 31.5 Å². The summed E-state index contributed by atoms with van der Waals surface area (Å²) in [7, 11) is 0. The molecule has 5 nitrogen and oxygen atoms in total. The zero-order chi connectivity index (χ0) is 30.0. The molecule has 2 N–H and O–H groups in total. The zero-order valence-electron chi connectivity index (χ0n) is 24.4. The third-order valence-electron chi connectivity index (χ3n) is 9.61. The van der Waals surface area contributed by atoms with Crippen molar-refractivity contribution in [1.82, 2.24) is 10.2 Å². The summed E-state index contributed by atoms with van der Waals surface area (Å²) < 4.78 is 55.6. The quantitative estimate of drug-likeness (QED) is 0.346. The third-order valence-corrected chi connectivity index (χ3v) is 9.61. The molecule has 228 valence electrons. The minimum Gasteiger partial charge on any atom is -0.334 e. The number of alkyl halides is 3. The Balaban J connectivity index is 1.40. The van der Waals surface area contributed by atoms with Gasteiger partial charge in [-0.05, 0) is 100 Å². The summed E-state index contributed by atoms with van der Waals surface area (Å²) in [6, 6.07) is 8.83. The topological polar surface area (TPSA) is 61.4 Å². The molecule has 3 fully saturated rings. The number of anilines is 1. The van der Waals surface area contributed by atoms with E-state index in [4.69, 9.17) is 0 Å². The summed E-state index contributed by atoms with van der Waals surface area (Å²) >= 11 is 0. The first-order valence-corrected chi connectivity index (χ1v) is 15.3. The Bertz CT molecular complexity index is 1260. The van der Waals surface area contributed by atoms with Gasteiger partial charge in [-0.25, -0.2) is 4.39 Å². The van der Waals surface area contributed by atoms with Gasteiger partial charge in [-0.1, -0.05) is 31.0 Å². The number of aryl methyl sites for hydroxylation is 2. The summed E-state index contributed by atoms with van der Waals surface area (Å²) in [5, 5.41) is 6.54. The van der Waals surface area contributed by atoms with Crippen LogP contribution >= 0.6 is 0 Å². The largest absolute Gasteiger partial charge is 0.416 e. The predicted molar refractivity (Wildman–Crippen MR) is 155 cm³/mol. The summed E-state index contributed by atoms with van der Waals surface area (Å²) in [4.78, 5) is 29.4. The highest BCUT2D eigenvalue weighted by Gasteiger charge is 2.45.